The van der Waals surface area contributed by atoms with Gasteiger partial charge in [-0.25, -0.2) is 0 Å². The molecule has 0 saturated carbocycles. The second-order valence-electron chi connectivity index (χ2n) is 2.74. The van der Waals surface area contributed by atoms with Crippen molar-refractivity contribution in [2.45, 2.75) is 6.92 Å². The molecule has 3 heteroatoms. The summed E-state index contributed by atoms with van der Waals surface area (Å²) < 4.78 is 10.1. The van der Waals surface area contributed by atoms with Gasteiger partial charge in [0.25, 0.3) is 0 Å². The van der Waals surface area contributed by atoms with Crippen molar-refractivity contribution in [3.63, 3.8) is 0 Å². The molecule has 0 atom stereocenters. The fraction of sp³-hybridized carbons (Fsp3) is 0.273. The molecule has 0 fully saturated rings. The van der Waals surface area contributed by atoms with Gasteiger partial charge in [0, 0.05) is 5.56 Å². The van der Waals surface area contributed by atoms with Crippen molar-refractivity contribution < 1.29 is 14.6 Å². The topological polar surface area (TPSA) is 38.7 Å². The molecule has 76 valence electrons. The minimum atomic E-state index is 0.102. The fourth-order valence-corrected chi connectivity index (χ4v) is 1.24. The average Bonchev–Trinajstić information content (AvgIpc) is 2.21. The first-order valence-electron chi connectivity index (χ1n) is 4.31. The van der Waals surface area contributed by atoms with Gasteiger partial charge in [0.1, 0.15) is 0 Å². The Bertz CT molecular complexity index is 343. The first-order valence-corrected chi connectivity index (χ1v) is 4.31. The molecule has 0 aliphatic carbocycles. The van der Waals surface area contributed by atoms with Gasteiger partial charge in [-0.15, -0.1) is 0 Å². The van der Waals surface area contributed by atoms with Crippen LogP contribution >= 0.6 is 0 Å². The summed E-state index contributed by atoms with van der Waals surface area (Å²) in [5, 5.41) is 9.78. The third-order valence-corrected chi connectivity index (χ3v) is 1.90. The van der Waals surface area contributed by atoms with E-state index in [0.717, 1.165) is 0 Å². The molecule has 0 aromatic heterocycles. The maximum absolute atomic E-state index is 9.78. The molecule has 0 amide bonds. The SMILES string of the molecule is C/C=C\c1ccc(OC)c(OC)c1O. The van der Waals surface area contributed by atoms with E-state index in [0.29, 0.717) is 17.1 Å². The van der Waals surface area contributed by atoms with Crippen molar-refractivity contribution in [2.24, 2.45) is 0 Å². The Kier molecular flexibility index (Phi) is 3.40. The molecule has 0 spiro atoms. The van der Waals surface area contributed by atoms with Gasteiger partial charge in [-0.1, -0.05) is 12.2 Å². The Morgan fingerprint density at radius 3 is 2.43 bits per heavy atom. The number of phenolic OH excluding ortho intramolecular Hbond substituents is 1. The van der Waals surface area contributed by atoms with Crippen LogP contribution in [0.5, 0.6) is 17.2 Å². The van der Waals surface area contributed by atoms with Crippen LogP contribution in [0, 0.1) is 0 Å². The molecule has 0 aliphatic rings. The van der Waals surface area contributed by atoms with Gasteiger partial charge in [-0.3, -0.25) is 0 Å². The standard InChI is InChI=1S/C11H14O3/c1-4-5-8-6-7-9(13-2)11(14-3)10(8)12/h4-7,12H,1-3H3/b5-4-. The second kappa shape index (κ2) is 4.56. The normalized spacial score (nSPS) is 10.5. The van der Waals surface area contributed by atoms with E-state index in [1.54, 1.807) is 18.2 Å². The van der Waals surface area contributed by atoms with E-state index in [4.69, 9.17) is 9.47 Å². The molecule has 1 aromatic rings. The number of aromatic hydroxyl groups is 1. The molecule has 0 saturated heterocycles. The van der Waals surface area contributed by atoms with E-state index in [-0.39, 0.29) is 5.75 Å². The van der Waals surface area contributed by atoms with Gasteiger partial charge in [0.15, 0.2) is 11.5 Å². The number of allylic oxidation sites excluding steroid dienone is 1. The summed E-state index contributed by atoms with van der Waals surface area (Å²) >= 11 is 0. The largest absolute Gasteiger partial charge is 0.504 e. The Balaban J connectivity index is 3.27. The molecule has 1 rings (SSSR count). The Hall–Kier alpha value is -1.64. The molecular formula is C11H14O3. The molecule has 0 unspecified atom stereocenters. The maximum atomic E-state index is 9.78. The van der Waals surface area contributed by atoms with Gasteiger partial charge in [-0.05, 0) is 19.1 Å². The first-order chi connectivity index (χ1) is 6.74. The van der Waals surface area contributed by atoms with Crippen LogP contribution in [0.4, 0.5) is 0 Å². The van der Waals surface area contributed by atoms with Crippen molar-refractivity contribution in [2.75, 3.05) is 14.2 Å². The molecule has 0 bridgehead atoms. The van der Waals surface area contributed by atoms with E-state index in [1.165, 1.54) is 14.2 Å². The van der Waals surface area contributed by atoms with Crippen LogP contribution in [0.3, 0.4) is 0 Å². The minimum Gasteiger partial charge on any atom is -0.504 e. The monoisotopic (exact) mass is 194 g/mol. The molecular weight excluding hydrogens is 180 g/mol. The Labute approximate surface area is 83.6 Å². The van der Waals surface area contributed by atoms with Gasteiger partial charge in [-0.2, -0.15) is 0 Å². The highest BCUT2D eigenvalue weighted by atomic mass is 16.5. The molecule has 1 N–H and O–H groups in total. The third-order valence-electron chi connectivity index (χ3n) is 1.90. The number of hydrogen-bond acceptors (Lipinski definition) is 3. The second-order valence-corrected chi connectivity index (χ2v) is 2.74. The number of hydrogen-bond donors (Lipinski definition) is 1. The summed E-state index contributed by atoms with van der Waals surface area (Å²) in [5.74, 6) is 0.992. The van der Waals surface area contributed by atoms with Crippen LogP contribution in [0.2, 0.25) is 0 Å². The lowest BCUT2D eigenvalue weighted by Gasteiger charge is -2.10. The minimum absolute atomic E-state index is 0.102. The molecule has 3 nitrogen and oxygen atoms in total. The average molecular weight is 194 g/mol. The van der Waals surface area contributed by atoms with Gasteiger partial charge in [0.2, 0.25) is 5.75 Å². The lowest BCUT2D eigenvalue weighted by atomic mass is 10.1. The van der Waals surface area contributed by atoms with Crippen molar-refractivity contribution in [3.8, 4) is 17.2 Å². The van der Waals surface area contributed by atoms with E-state index in [2.05, 4.69) is 0 Å². The predicted octanol–water partition coefficient (Wildman–Crippen LogP) is 2.44. The van der Waals surface area contributed by atoms with Crippen molar-refractivity contribution in [1.29, 1.82) is 0 Å². The van der Waals surface area contributed by atoms with Crippen LogP contribution in [-0.4, -0.2) is 19.3 Å². The van der Waals surface area contributed by atoms with E-state index in [9.17, 15) is 5.11 Å². The Morgan fingerprint density at radius 1 is 1.21 bits per heavy atom. The highest BCUT2D eigenvalue weighted by Crippen LogP contribution is 2.39. The quantitative estimate of drug-likeness (QED) is 0.803. The van der Waals surface area contributed by atoms with Gasteiger partial charge >= 0.3 is 0 Å². The van der Waals surface area contributed by atoms with Crippen LogP contribution in [0.15, 0.2) is 18.2 Å². The summed E-state index contributed by atoms with van der Waals surface area (Å²) in [6.45, 7) is 1.89. The van der Waals surface area contributed by atoms with Crippen LogP contribution in [-0.2, 0) is 0 Å². The summed E-state index contributed by atoms with van der Waals surface area (Å²) in [6.07, 6.45) is 3.65. The van der Waals surface area contributed by atoms with E-state index in [1.807, 2.05) is 13.0 Å². The van der Waals surface area contributed by atoms with E-state index < -0.39 is 0 Å². The Morgan fingerprint density at radius 2 is 1.93 bits per heavy atom. The number of methoxy groups -OCH3 is 2. The third kappa shape index (κ3) is 1.82. The van der Waals surface area contributed by atoms with Gasteiger partial charge < -0.3 is 14.6 Å². The fourth-order valence-electron chi connectivity index (χ4n) is 1.24. The molecule has 0 radical (unpaired) electrons. The van der Waals surface area contributed by atoms with Gasteiger partial charge in [0.05, 0.1) is 14.2 Å². The summed E-state index contributed by atoms with van der Waals surface area (Å²) in [4.78, 5) is 0. The highest BCUT2D eigenvalue weighted by molar-refractivity contribution is 5.65. The molecule has 0 aliphatic heterocycles. The highest BCUT2D eigenvalue weighted by Gasteiger charge is 2.11. The molecule has 0 heterocycles. The zero-order valence-corrected chi connectivity index (χ0v) is 8.57. The predicted molar refractivity (Wildman–Crippen MR) is 55.9 cm³/mol. The lowest BCUT2D eigenvalue weighted by Crippen LogP contribution is -1.91. The smallest absolute Gasteiger partial charge is 0.203 e. The first kappa shape index (κ1) is 10.4. The van der Waals surface area contributed by atoms with Crippen molar-refractivity contribution >= 4 is 6.08 Å². The van der Waals surface area contributed by atoms with E-state index >= 15 is 0 Å². The van der Waals surface area contributed by atoms with Crippen molar-refractivity contribution in [3.05, 3.63) is 23.8 Å². The van der Waals surface area contributed by atoms with Crippen molar-refractivity contribution in [1.82, 2.24) is 0 Å². The summed E-state index contributed by atoms with van der Waals surface area (Å²) in [7, 11) is 3.03. The van der Waals surface area contributed by atoms with Crippen LogP contribution in [0.25, 0.3) is 6.08 Å². The lowest BCUT2D eigenvalue weighted by molar-refractivity contribution is 0.333. The number of rotatable bonds is 3. The maximum Gasteiger partial charge on any atom is 0.203 e. The summed E-state index contributed by atoms with van der Waals surface area (Å²) in [5.41, 5.74) is 0.713. The zero-order chi connectivity index (χ0) is 10.6. The summed E-state index contributed by atoms with van der Waals surface area (Å²) in [6, 6.07) is 3.53. The number of benzene rings is 1. The molecule has 1 aromatic carbocycles. The zero-order valence-electron chi connectivity index (χ0n) is 8.57. The van der Waals surface area contributed by atoms with Crippen LogP contribution < -0.4 is 9.47 Å². The number of phenols is 1. The van der Waals surface area contributed by atoms with Crippen LogP contribution in [0.1, 0.15) is 12.5 Å². The number of ether oxygens (including phenoxy) is 2. The molecule has 14 heavy (non-hydrogen) atoms.